The molecule has 0 saturated heterocycles. The second-order valence-electron chi connectivity index (χ2n) is 2.09. The van der Waals surface area contributed by atoms with E-state index in [-0.39, 0.29) is 0 Å². The molecule has 0 amide bonds. The van der Waals surface area contributed by atoms with Gasteiger partial charge in [0.1, 0.15) is 5.82 Å². The highest BCUT2D eigenvalue weighted by atomic mass is 15.3. The normalized spacial score (nSPS) is 10.8. The molecule has 10 heavy (non-hydrogen) atoms. The van der Waals surface area contributed by atoms with E-state index in [1.54, 1.807) is 16.9 Å². The van der Waals surface area contributed by atoms with Crippen LogP contribution in [0.4, 0.5) is 11.5 Å². The van der Waals surface area contributed by atoms with Crippen LogP contribution in [0.5, 0.6) is 0 Å². The van der Waals surface area contributed by atoms with E-state index in [1.807, 2.05) is 0 Å². The lowest BCUT2D eigenvalue weighted by Crippen LogP contribution is -1.84. The Morgan fingerprint density at radius 2 is 2.30 bits per heavy atom. The zero-order valence-electron chi connectivity index (χ0n) is 5.20. The molecule has 0 bridgehead atoms. The summed E-state index contributed by atoms with van der Waals surface area (Å²) < 4.78 is 1.67. The Morgan fingerprint density at radius 1 is 1.50 bits per heavy atom. The van der Waals surface area contributed by atoms with Crippen molar-refractivity contribution in [1.29, 1.82) is 0 Å². The summed E-state index contributed by atoms with van der Waals surface area (Å²) in [5, 5.41) is 2.86. The number of rotatable bonds is 0. The summed E-state index contributed by atoms with van der Waals surface area (Å²) in [7, 11) is 0. The first-order valence-corrected chi connectivity index (χ1v) is 2.85. The number of fused-ring (bicyclic) bond motifs is 1. The number of aromatic nitrogens is 3. The van der Waals surface area contributed by atoms with Gasteiger partial charge in [-0.2, -0.15) is 0 Å². The molecular weight excluding hydrogens is 130 g/mol. The molecule has 0 aromatic carbocycles. The Labute approximate surface area is 56.6 Å². The monoisotopic (exact) mass is 137 g/mol. The molecule has 0 aliphatic heterocycles. The third-order valence-corrected chi connectivity index (χ3v) is 1.34. The molecule has 0 aliphatic rings. The standard InChI is InChI=1S/C5H7N5/c6-3-1-8-10-2-4(7)9-5(3)10/h1-2,8H,6-7H2. The van der Waals surface area contributed by atoms with Crippen molar-refractivity contribution in [3.63, 3.8) is 0 Å². The van der Waals surface area contributed by atoms with Gasteiger partial charge in [-0.1, -0.05) is 0 Å². The number of nitrogens with one attached hydrogen (secondary N) is 1. The maximum atomic E-state index is 5.52. The van der Waals surface area contributed by atoms with E-state index in [4.69, 9.17) is 11.5 Å². The maximum absolute atomic E-state index is 5.52. The number of aromatic amines is 1. The highest BCUT2D eigenvalue weighted by Gasteiger charge is 2.01. The number of anilines is 2. The average molecular weight is 137 g/mol. The van der Waals surface area contributed by atoms with E-state index >= 15 is 0 Å². The summed E-state index contributed by atoms with van der Waals surface area (Å²) in [6, 6.07) is 0. The fourth-order valence-electron chi connectivity index (χ4n) is 0.904. The van der Waals surface area contributed by atoms with Crippen LogP contribution in [0.3, 0.4) is 0 Å². The molecule has 5 nitrogen and oxygen atoms in total. The van der Waals surface area contributed by atoms with Crippen molar-refractivity contribution < 1.29 is 0 Å². The zero-order valence-corrected chi connectivity index (χ0v) is 5.20. The molecule has 5 heteroatoms. The van der Waals surface area contributed by atoms with Crippen molar-refractivity contribution in [2.75, 3.05) is 11.5 Å². The van der Waals surface area contributed by atoms with E-state index in [2.05, 4.69) is 10.1 Å². The molecule has 0 saturated carbocycles. The predicted octanol–water partition coefficient (Wildman–Crippen LogP) is -0.173. The van der Waals surface area contributed by atoms with Gasteiger partial charge in [0.15, 0.2) is 5.65 Å². The van der Waals surface area contributed by atoms with E-state index in [9.17, 15) is 0 Å². The first-order valence-electron chi connectivity index (χ1n) is 2.85. The largest absolute Gasteiger partial charge is 0.394 e. The highest BCUT2D eigenvalue weighted by Crippen LogP contribution is 2.11. The van der Waals surface area contributed by atoms with Crippen LogP contribution in [0.25, 0.3) is 5.65 Å². The Hall–Kier alpha value is -1.65. The van der Waals surface area contributed by atoms with Crippen molar-refractivity contribution in [2.24, 2.45) is 0 Å². The van der Waals surface area contributed by atoms with Crippen molar-refractivity contribution in [3.8, 4) is 0 Å². The SMILES string of the molecule is Nc1cn2[nH]cc(N)c2n1. The highest BCUT2D eigenvalue weighted by molar-refractivity contribution is 5.65. The van der Waals surface area contributed by atoms with Gasteiger partial charge in [-0.05, 0) is 0 Å². The molecule has 0 atom stereocenters. The van der Waals surface area contributed by atoms with Crippen LogP contribution >= 0.6 is 0 Å². The van der Waals surface area contributed by atoms with Gasteiger partial charge in [0.25, 0.3) is 0 Å². The second-order valence-corrected chi connectivity index (χ2v) is 2.09. The van der Waals surface area contributed by atoms with Crippen molar-refractivity contribution in [2.45, 2.75) is 0 Å². The van der Waals surface area contributed by atoms with E-state index in [1.165, 1.54) is 0 Å². The number of nitrogen functional groups attached to an aromatic ring is 2. The number of hydrogen-bond donors (Lipinski definition) is 3. The predicted molar refractivity (Wildman–Crippen MR) is 38.4 cm³/mol. The molecule has 52 valence electrons. The van der Waals surface area contributed by atoms with Crippen LogP contribution in [0.2, 0.25) is 0 Å². The van der Waals surface area contributed by atoms with Crippen LogP contribution in [-0.4, -0.2) is 14.6 Å². The summed E-state index contributed by atoms with van der Waals surface area (Å²) in [5.41, 5.74) is 12.2. The lowest BCUT2D eigenvalue weighted by Gasteiger charge is -1.78. The first-order chi connectivity index (χ1) is 4.77. The van der Waals surface area contributed by atoms with Gasteiger partial charge >= 0.3 is 0 Å². The van der Waals surface area contributed by atoms with Gasteiger partial charge in [0, 0.05) is 6.20 Å². The van der Waals surface area contributed by atoms with Gasteiger partial charge in [-0.25, -0.2) is 9.50 Å². The van der Waals surface area contributed by atoms with E-state index in [0.29, 0.717) is 17.2 Å². The van der Waals surface area contributed by atoms with Crippen molar-refractivity contribution in [1.82, 2.24) is 14.6 Å². The molecule has 2 heterocycles. The van der Waals surface area contributed by atoms with Crippen molar-refractivity contribution in [3.05, 3.63) is 12.4 Å². The number of hydrogen-bond acceptors (Lipinski definition) is 3. The molecule has 0 radical (unpaired) electrons. The molecule has 0 spiro atoms. The molecule has 0 fully saturated rings. The third kappa shape index (κ3) is 0.485. The Bertz CT molecular complexity index is 357. The molecule has 0 aliphatic carbocycles. The second kappa shape index (κ2) is 1.44. The average Bonchev–Trinajstić information content (AvgIpc) is 2.35. The smallest absolute Gasteiger partial charge is 0.178 e. The van der Waals surface area contributed by atoms with Crippen LogP contribution in [-0.2, 0) is 0 Å². The third-order valence-electron chi connectivity index (χ3n) is 1.34. The van der Waals surface area contributed by atoms with Crippen LogP contribution in [0.15, 0.2) is 12.4 Å². The molecular formula is C5H7N5. The molecule has 5 N–H and O–H groups in total. The number of nitrogens with two attached hydrogens (primary N) is 2. The number of imidazole rings is 1. The first kappa shape index (κ1) is 5.16. The van der Waals surface area contributed by atoms with E-state index < -0.39 is 0 Å². The summed E-state index contributed by atoms with van der Waals surface area (Å²) in [4.78, 5) is 3.96. The van der Waals surface area contributed by atoms with Crippen molar-refractivity contribution >= 4 is 17.2 Å². The Kier molecular flexibility index (Phi) is 0.743. The summed E-state index contributed by atoms with van der Waals surface area (Å²) in [5.74, 6) is 0.471. The maximum Gasteiger partial charge on any atom is 0.178 e. The number of H-pyrrole nitrogens is 1. The van der Waals surface area contributed by atoms with Crippen LogP contribution in [0.1, 0.15) is 0 Å². The number of nitrogens with zero attached hydrogens (tertiary/aromatic N) is 2. The van der Waals surface area contributed by atoms with Gasteiger partial charge in [-0.15, -0.1) is 0 Å². The van der Waals surface area contributed by atoms with Gasteiger partial charge in [-0.3, -0.25) is 5.10 Å². The minimum Gasteiger partial charge on any atom is -0.394 e. The molecule has 0 unspecified atom stereocenters. The lowest BCUT2D eigenvalue weighted by molar-refractivity contribution is 0.974. The summed E-state index contributed by atoms with van der Waals surface area (Å²) >= 11 is 0. The molecule has 2 aromatic heterocycles. The minimum atomic E-state index is 0.471. The quantitative estimate of drug-likeness (QED) is 0.471. The lowest BCUT2D eigenvalue weighted by atomic mass is 10.6. The van der Waals surface area contributed by atoms with Gasteiger partial charge in [0.05, 0.1) is 11.9 Å². The molecule has 2 rings (SSSR count). The van der Waals surface area contributed by atoms with Gasteiger partial charge < -0.3 is 11.5 Å². The summed E-state index contributed by atoms with van der Waals surface area (Å²) in [6.07, 6.45) is 3.34. The minimum absolute atomic E-state index is 0.471. The van der Waals surface area contributed by atoms with Crippen LogP contribution < -0.4 is 11.5 Å². The topological polar surface area (TPSA) is 85.1 Å². The molecule has 2 aromatic rings. The Morgan fingerprint density at radius 3 is 3.00 bits per heavy atom. The van der Waals surface area contributed by atoms with Crippen LogP contribution in [0, 0.1) is 0 Å². The fourth-order valence-corrected chi connectivity index (χ4v) is 0.904. The van der Waals surface area contributed by atoms with Gasteiger partial charge in [0.2, 0.25) is 0 Å². The fraction of sp³-hybridized carbons (Fsp3) is 0. The Balaban J connectivity index is 2.90. The van der Waals surface area contributed by atoms with E-state index in [0.717, 1.165) is 0 Å². The summed E-state index contributed by atoms with van der Waals surface area (Å²) in [6.45, 7) is 0. The zero-order chi connectivity index (χ0) is 7.14.